The van der Waals surface area contributed by atoms with Crippen molar-refractivity contribution in [3.63, 3.8) is 0 Å². The van der Waals surface area contributed by atoms with Crippen molar-refractivity contribution in [2.75, 3.05) is 31.2 Å². The molecule has 2 fully saturated rings. The zero-order valence-electron chi connectivity index (χ0n) is 15.1. The Morgan fingerprint density at radius 1 is 1.22 bits per heavy atom. The lowest BCUT2D eigenvalue weighted by atomic mass is 10.1. The fraction of sp³-hybridized carbons (Fsp3) is 0.400. The molecule has 0 saturated carbocycles. The van der Waals surface area contributed by atoms with Crippen molar-refractivity contribution < 1.29 is 23.8 Å². The zero-order valence-corrected chi connectivity index (χ0v) is 15.9. The van der Waals surface area contributed by atoms with Gasteiger partial charge in [0.1, 0.15) is 11.0 Å². The number of ether oxygens (including phenoxy) is 3. The topological polar surface area (TPSA) is 65.1 Å². The second-order valence-electron chi connectivity index (χ2n) is 6.67. The number of rotatable bonds is 4. The molecule has 0 bridgehead atoms. The Hall–Kier alpha value is -2.38. The van der Waals surface area contributed by atoms with E-state index in [4.69, 9.17) is 14.2 Å². The lowest BCUT2D eigenvalue weighted by molar-refractivity contribution is -0.147. The summed E-state index contributed by atoms with van der Waals surface area (Å²) in [5.41, 5.74) is 2.04. The van der Waals surface area contributed by atoms with Gasteiger partial charge in [0.25, 0.3) is 0 Å². The predicted molar refractivity (Wildman–Crippen MR) is 102 cm³/mol. The van der Waals surface area contributed by atoms with Gasteiger partial charge in [0, 0.05) is 25.1 Å². The lowest BCUT2D eigenvalue weighted by Crippen LogP contribution is -2.35. The molecule has 2 aliphatic heterocycles. The van der Waals surface area contributed by atoms with E-state index in [1.807, 2.05) is 36.4 Å². The molecule has 2 aromatic rings. The third kappa shape index (κ3) is 3.84. The van der Waals surface area contributed by atoms with Gasteiger partial charge in [0.05, 0.1) is 18.2 Å². The molecule has 2 saturated heterocycles. The minimum absolute atomic E-state index is 0.220. The summed E-state index contributed by atoms with van der Waals surface area (Å²) < 4.78 is 15.9. The number of hydrogen-bond acceptors (Lipinski definition) is 7. The van der Waals surface area contributed by atoms with Crippen LogP contribution in [0, 0.1) is 0 Å². The summed E-state index contributed by atoms with van der Waals surface area (Å²) in [6.07, 6.45) is -0.637. The number of morpholine rings is 1. The van der Waals surface area contributed by atoms with E-state index in [0.29, 0.717) is 24.5 Å². The summed E-state index contributed by atoms with van der Waals surface area (Å²) in [4.78, 5) is 27.2. The van der Waals surface area contributed by atoms with Crippen LogP contribution in [0.3, 0.4) is 0 Å². The summed E-state index contributed by atoms with van der Waals surface area (Å²) >= 11 is 1.40. The van der Waals surface area contributed by atoms with E-state index in [0.717, 1.165) is 29.2 Å². The number of cyclic esters (lactones) is 1. The number of hydrogen-bond donors (Lipinski definition) is 0. The number of carbonyl (C=O) groups is 2. The van der Waals surface area contributed by atoms with Crippen LogP contribution < -0.4 is 4.90 Å². The fourth-order valence-electron chi connectivity index (χ4n) is 3.31. The third-order valence-corrected chi connectivity index (χ3v) is 5.85. The first-order valence-electron chi connectivity index (χ1n) is 9.05. The molecule has 1 aromatic heterocycles. The highest BCUT2D eigenvalue weighted by Gasteiger charge is 2.36. The van der Waals surface area contributed by atoms with Crippen LogP contribution >= 0.6 is 11.3 Å². The monoisotopic (exact) mass is 387 g/mol. The van der Waals surface area contributed by atoms with Crippen molar-refractivity contribution in [3.8, 4) is 11.1 Å². The van der Waals surface area contributed by atoms with Gasteiger partial charge in [0.15, 0.2) is 0 Å². The molecule has 6 nitrogen and oxygen atoms in total. The van der Waals surface area contributed by atoms with Crippen LogP contribution in [0.25, 0.3) is 11.1 Å². The third-order valence-electron chi connectivity index (χ3n) is 4.67. The van der Waals surface area contributed by atoms with E-state index < -0.39 is 18.0 Å². The maximum Gasteiger partial charge on any atom is 0.349 e. The molecule has 0 amide bonds. The van der Waals surface area contributed by atoms with Crippen molar-refractivity contribution in [2.24, 2.45) is 0 Å². The summed E-state index contributed by atoms with van der Waals surface area (Å²) in [7, 11) is 0. The first-order valence-corrected chi connectivity index (χ1v) is 9.87. The Labute approximate surface area is 161 Å². The summed E-state index contributed by atoms with van der Waals surface area (Å²) in [5.74, 6) is -0.947. The van der Waals surface area contributed by atoms with E-state index >= 15 is 0 Å². The van der Waals surface area contributed by atoms with Crippen LogP contribution in [0.1, 0.15) is 23.0 Å². The molecular formula is C20H21NO5S. The quantitative estimate of drug-likeness (QED) is 0.751. The van der Waals surface area contributed by atoms with Crippen molar-refractivity contribution >= 4 is 28.3 Å². The average Bonchev–Trinajstić information content (AvgIpc) is 3.27. The van der Waals surface area contributed by atoms with Gasteiger partial charge in [-0.15, -0.1) is 11.3 Å². The first-order chi connectivity index (χ1) is 13.1. The molecule has 0 aliphatic carbocycles. The summed E-state index contributed by atoms with van der Waals surface area (Å²) in [5, 5.41) is 1.03. The predicted octanol–water partition coefficient (Wildman–Crippen LogP) is 3.11. The number of nitrogens with zero attached hydrogens (tertiary/aromatic N) is 1. The highest BCUT2D eigenvalue weighted by Crippen LogP contribution is 2.40. The molecule has 0 unspecified atom stereocenters. The van der Waals surface area contributed by atoms with Crippen molar-refractivity contribution in [2.45, 2.75) is 25.6 Å². The van der Waals surface area contributed by atoms with Crippen LogP contribution in [0.4, 0.5) is 5.00 Å². The molecule has 0 radical (unpaired) electrons. The molecule has 4 rings (SSSR count). The molecular weight excluding hydrogens is 366 g/mol. The van der Waals surface area contributed by atoms with Crippen LogP contribution in [-0.2, 0) is 19.0 Å². The van der Waals surface area contributed by atoms with Gasteiger partial charge in [-0.2, -0.15) is 0 Å². The number of benzene rings is 1. The highest BCUT2D eigenvalue weighted by molar-refractivity contribution is 7.18. The summed E-state index contributed by atoms with van der Waals surface area (Å²) in [6.45, 7) is 4.68. The molecule has 0 N–H and O–H groups in total. The van der Waals surface area contributed by atoms with Gasteiger partial charge in [-0.3, -0.25) is 0 Å². The highest BCUT2D eigenvalue weighted by atomic mass is 32.1. The van der Waals surface area contributed by atoms with E-state index in [1.54, 1.807) is 6.92 Å². The Balaban J connectivity index is 1.62. The van der Waals surface area contributed by atoms with Crippen molar-refractivity contribution in [1.82, 2.24) is 0 Å². The molecule has 142 valence electrons. The van der Waals surface area contributed by atoms with E-state index in [9.17, 15) is 9.59 Å². The van der Waals surface area contributed by atoms with Gasteiger partial charge < -0.3 is 19.1 Å². The normalized spacial score (nSPS) is 22.6. The van der Waals surface area contributed by atoms with Gasteiger partial charge >= 0.3 is 11.9 Å². The molecule has 3 heterocycles. The van der Waals surface area contributed by atoms with E-state index in [2.05, 4.69) is 4.90 Å². The lowest BCUT2D eigenvalue weighted by Gasteiger charge is -2.28. The van der Waals surface area contributed by atoms with Crippen LogP contribution in [0.15, 0.2) is 36.4 Å². The molecule has 27 heavy (non-hydrogen) atoms. The molecule has 2 atom stereocenters. The molecule has 0 spiro atoms. The minimum atomic E-state index is -0.818. The molecule has 2 aliphatic rings. The Morgan fingerprint density at radius 2 is 1.96 bits per heavy atom. The standard InChI is InChI=1S/C20H21NO5S/c1-13-11-16(19(22)25-13)26-20(23)17-12-15(14-5-3-2-4-6-14)18(27-17)21-7-9-24-10-8-21/h2-6,12-13,16H,7-11H2,1H3/t13-,16-/m1/s1. The second kappa shape index (κ2) is 7.70. The first kappa shape index (κ1) is 18.0. The van der Waals surface area contributed by atoms with E-state index in [-0.39, 0.29) is 6.10 Å². The smallest absolute Gasteiger partial charge is 0.349 e. The van der Waals surface area contributed by atoms with Gasteiger partial charge in [-0.25, -0.2) is 9.59 Å². The van der Waals surface area contributed by atoms with Crippen molar-refractivity contribution in [1.29, 1.82) is 0 Å². The number of esters is 2. The maximum absolute atomic E-state index is 12.7. The Kier molecular flexibility index (Phi) is 5.13. The van der Waals surface area contributed by atoms with Gasteiger partial charge in [-0.05, 0) is 18.6 Å². The van der Waals surface area contributed by atoms with Crippen LogP contribution in [0.5, 0.6) is 0 Å². The molecule has 7 heteroatoms. The maximum atomic E-state index is 12.7. The largest absolute Gasteiger partial charge is 0.460 e. The Morgan fingerprint density at radius 3 is 2.63 bits per heavy atom. The number of thiophene rings is 1. The zero-order chi connectivity index (χ0) is 18.8. The van der Waals surface area contributed by atoms with Gasteiger partial charge in [0.2, 0.25) is 6.10 Å². The van der Waals surface area contributed by atoms with E-state index in [1.165, 1.54) is 11.3 Å². The van der Waals surface area contributed by atoms with Crippen LogP contribution in [-0.4, -0.2) is 50.4 Å². The Bertz CT molecular complexity index is 828. The minimum Gasteiger partial charge on any atom is -0.460 e. The number of carbonyl (C=O) groups excluding carboxylic acids is 2. The van der Waals surface area contributed by atoms with Gasteiger partial charge in [-0.1, -0.05) is 30.3 Å². The number of anilines is 1. The SMILES string of the molecule is C[C@@H]1C[C@@H](OC(=O)c2cc(-c3ccccc3)c(N3CCOCC3)s2)C(=O)O1. The fourth-order valence-corrected chi connectivity index (χ4v) is 4.43. The van der Waals surface area contributed by atoms with Crippen LogP contribution in [0.2, 0.25) is 0 Å². The van der Waals surface area contributed by atoms with Crippen molar-refractivity contribution in [3.05, 3.63) is 41.3 Å². The molecule has 1 aromatic carbocycles. The summed E-state index contributed by atoms with van der Waals surface area (Å²) in [6, 6.07) is 11.8. The second-order valence-corrected chi connectivity index (χ2v) is 7.70. The average molecular weight is 387 g/mol.